The molecule has 0 saturated heterocycles. The zero-order valence-electron chi connectivity index (χ0n) is 13.2. The number of fused-ring (bicyclic) bond motifs is 1. The smallest absolute Gasteiger partial charge is 0.0453 e. The topological polar surface area (TPSA) is 15.8 Å². The van der Waals surface area contributed by atoms with E-state index in [1.54, 1.807) is 0 Å². The predicted octanol–water partition coefficient (Wildman–Crippen LogP) is 6.27. The van der Waals surface area contributed by atoms with Gasteiger partial charge >= 0.3 is 0 Å². The van der Waals surface area contributed by atoms with Crippen LogP contribution in [0.4, 0.5) is 0 Å². The minimum absolute atomic E-state index is 0.884. The molecule has 0 aliphatic rings. The largest absolute Gasteiger partial charge is 0.361 e. The molecule has 104 valence electrons. The van der Waals surface area contributed by atoms with Gasteiger partial charge in [-0.15, -0.1) is 0 Å². The van der Waals surface area contributed by atoms with Crippen molar-refractivity contribution in [3.8, 4) is 0 Å². The first-order valence-electron chi connectivity index (χ1n) is 7.26. The van der Waals surface area contributed by atoms with Gasteiger partial charge in [-0.25, -0.2) is 0 Å². The molecule has 0 saturated carbocycles. The van der Waals surface area contributed by atoms with E-state index in [0.717, 1.165) is 5.92 Å². The van der Waals surface area contributed by atoms with Gasteiger partial charge in [0.2, 0.25) is 0 Å². The van der Waals surface area contributed by atoms with Crippen LogP contribution >= 0.6 is 0 Å². The van der Waals surface area contributed by atoms with Gasteiger partial charge in [0.05, 0.1) is 0 Å². The first kappa shape index (κ1) is 19.1. The Hall–Kier alpha value is -1.24. The fourth-order valence-corrected chi connectivity index (χ4v) is 0.995. The number of hydrogen-bond acceptors (Lipinski definition) is 0. The molecule has 0 unspecified atom stereocenters. The van der Waals surface area contributed by atoms with Crippen LogP contribution in [-0.2, 0) is 0 Å². The van der Waals surface area contributed by atoms with Crippen molar-refractivity contribution in [2.45, 2.75) is 54.9 Å². The van der Waals surface area contributed by atoms with E-state index in [-0.39, 0.29) is 0 Å². The number of nitrogens with one attached hydrogen (secondary N) is 1. The maximum absolute atomic E-state index is 3.12. The number of rotatable bonds is 1. The van der Waals surface area contributed by atoms with Crippen LogP contribution in [0, 0.1) is 5.92 Å². The van der Waals surface area contributed by atoms with E-state index in [1.807, 2.05) is 46.0 Å². The second-order valence-electron chi connectivity index (χ2n) is 3.87. The summed E-state index contributed by atoms with van der Waals surface area (Å²) in [6.07, 6.45) is 3.25. The predicted molar refractivity (Wildman–Crippen MR) is 86.1 cm³/mol. The Balaban J connectivity index is 0. The molecule has 0 amide bonds. The van der Waals surface area contributed by atoms with Crippen LogP contribution in [0.2, 0.25) is 0 Å². The normalized spacial score (nSPS) is 8.44. The van der Waals surface area contributed by atoms with Crippen molar-refractivity contribution in [1.82, 2.24) is 4.98 Å². The molecule has 1 heterocycles. The molecule has 1 heteroatoms. The minimum atomic E-state index is 0.884. The molecule has 0 atom stereocenters. The van der Waals surface area contributed by atoms with Crippen LogP contribution in [0.3, 0.4) is 0 Å². The molecule has 0 radical (unpaired) electrons. The Morgan fingerprint density at radius 3 is 1.89 bits per heavy atom. The number of hydrogen-bond donors (Lipinski definition) is 1. The highest BCUT2D eigenvalue weighted by Crippen LogP contribution is 2.09. The Bertz CT molecular complexity index is 330. The fraction of sp³-hybridized carbons (Fsp3) is 0.529. The van der Waals surface area contributed by atoms with E-state index >= 15 is 0 Å². The summed E-state index contributed by atoms with van der Waals surface area (Å²) in [4.78, 5) is 3.12. The third-order valence-electron chi connectivity index (χ3n) is 2.28. The first-order valence-corrected chi connectivity index (χ1v) is 7.26. The van der Waals surface area contributed by atoms with Crippen molar-refractivity contribution in [3.63, 3.8) is 0 Å². The Labute approximate surface area is 114 Å². The Morgan fingerprint density at radius 2 is 1.44 bits per heavy atom. The molecule has 18 heavy (non-hydrogen) atoms. The molecule has 0 aliphatic heterocycles. The molecule has 0 fully saturated rings. The molecule has 1 aromatic heterocycles. The maximum Gasteiger partial charge on any atom is 0.0453 e. The summed E-state index contributed by atoms with van der Waals surface area (Å²) in [5.74, 6) is 0.884. The number of benzene rings is 1. The summed E-state index contributed by atoms with van der Waals surface area (Å²) in [7, 11) is 0. The molecule has 2 rings (SSSR count). The van der Waals surface area contributed by atoms with E-state index in [1.165, 1.54) is 17.3 Å². The lowest BCUT2D eigenvalue weighted by Crippen LogP contribution is -1.77. The lowest BCUT2D eigenvalue weighted by atomic mass is 10.2. The van der Waals surface area contributed by atoms with Crippen LogP contribution < -0.4 is 0 Å². The van der Waals surface area contributed by atoms with Crippen molar-refractivity contribution in [2.24, 2.45) is 5.92 Å². The third-order valence-corrected chi connectivity index (χ3v) is 2.28. The molecular weight excluding hydrogens is 218 g/mol. The van der Waals surface area contributed by atoms with E-state index in [4.69, 9.17) is 0 Å². The van der Waals surface area contributed by atoms with Gasteiger partial charge in [0.25, 0.3) is 0 Å². The summed E-state index contributed by atoms with van der Waals surface area (Å²) < 4.78 is 0. The van der Waals surface area contributed by atoms with Crippen molar-refractivity contribution in [2.75, 3.05) is 0 Å². The summed E-state index contributed by atoms with van der Waals surface area (Å²) in [6.45, 7) is 14.6. The van der Waals surface area contributed by atoms with E-state index in [9.17, 15) is 0 Å². The standard InChI is InChI=1S/C8H7N.C5H12.2C2H6/c1-2-4-8-7(3-1)5-6-9-8;1-4-5(2)3;2*1-2/h1-6,9H;5H,4H2,1-3H3;2*1-2H3. The Morgan fingerprint density at radius 1 is 0.944 bits per heavy atom. The van der Waals surface area contributed by atoms with Gasteiger partial charge in [-0.2, -0.15) is 0 Å². The van der Waals surface area contributed by atoms with Crippen LogP contribution in [0.1, 0.15) is 54.9 Å². The van der Waals surface area contributed by atoms with Gasteiger partial charge in [0, 0.05) is 11.7 Å². The molecule has 1 nitrogen and oxygen atoms in total. The summed E-state index contributed by atoms with van der Waals surface area (Å²) >= 11 is 0. The van der Waals surface area contributed by atoms with Crippen molar-refractivity contribution >= 4 is 10.9 Å². The zero-order chi connectivity index (χ0) is 14.4. The van der Waals surface area contributed by atoms with Crippen LogP contribution in [0.5, 0.6) is 0 Å². The van der Waals surface area contributed by atoms with Crippen LogP contribution in [0.25, 0.3) is 10.9 Å². The van der Waals surface area contributed by atoms with Gasteiger partial charge in [0.1, 0.15) is 0 Å². The number of aromatic amines is 1. The van der Waals surface area contributed by atoms with E-state index < -0.39 is 0 Å². The van der Waals surface area contributed by atoms with Gasteiger partial charge in [-0.3, -0.25) is 0 Å². The highest BCUT2D eigenvalue weighted by molar-refractivity contribution is 5.78. The second-order valence-corrected chi connectivity index (χ2v) is 3.87. The van der Waals surface area contributed by atoms with Crippen molar-refractivity contribution in [1.29, 1.82) is 0 Å². The number of para-hydroxylation sites is 1. The quantitative estimate of drug-likeness (QED) is 0.612. The van der Waals surface area contributed by atoms with Crippen LogP contribution in [-0.4, -0.2) is 4.98 Å². The van der Waals surface area contributed by atoms with E-state index in [0.29, 0.717) is 0 Å². The average Bonchev–Trinajstić information content (AvgIpc) is 2.92. The molecule has 0 aliphatic carbocycles. The number of aromatic nitrogens is 1. The van der Waals surface area contributed by atoms with Crippen LogP contribution in [0.15, 0.2) is 36.5 Å². The monoisotopic (exact) mass is 249 g/mol. The average molecular weight is 249 g/mol. The highest BCUT2D eigenvalue weighted by Gasteiger charge is 1.86. The minimum Gasteiger partial charge on any atom is -0.361 e. The van der Waals surface area contributed by atoms with Gasteiger partial charge in [0.15, 0.2) is 0 Å². The summed E-state index contributed by atoms with van der Waals surface area (Å²) in [6, 6.07) is 10.3. The molecular formula is C17H31N. The lowest BCUT2D eigenvalue weighted by Gasteiger charge is -1.90. The van der Waals surface area contributed by atoms with Crippen molar-refractivity contribution < 1.29 is 0 Å². The summed E-state index contributed by atoms with van der Waals surface area (Å²) in [5.41, 5.74) is 1.21. The Kier molecular flexibility index (Phi) is 14.7. The molecule has 1 aromatic carbocycles. The molecule has 1 N–H and O–H groups in total. The number of H-pyrrole nitrogens is 1. The fourth-order valence-electron chi connectivity index (χ4n) is 0.995. The lowest BCUT2D eigenvalue weighted by molar-refractivity contribution is 0.626. The SMILES string of the molecule is CC.CC.CCC(C)C.c1ccc2[nH]ccc2c1. The third kappa shape index (κ3) is 8.86. The highest BCUT2D eigenvalue weighted by atomic mass is 14.6. The van der Waals surface area contributed by atoms with Gasteiger partial charge < -0.3 is 4.98 Å². The maximum atomic E-state index is 3.12. The zero-order valence-corrected chi connectivity index (χ0v) is 13.2. The molecule has 0 spiro atoms. The second kappa shape index (κ2) is 13.8. The van der Waals surface area contributed by atoms with Gasteiger partial charge in [-0.05, 0) is 23.4 Å². The van der Waals surface area contributed by atoms with Crippen molar-refractivity contribution in [3.05, 3.63) is 36.5 Å². The molecule has 2 aromatic rings. The molecule has 0 bridgehead atoms. The van der Waals surface area contributed by atoms with Gasteiger partial charge in [-0.1, -0.05) is 73.1 Å². The first-order chi connectivity index (χ1) is 8.74. The summed E-state index contributed by atoms with van der Waals surface area (Å²) in [5, 5.41) is 1.28. The van der Waals surface area contributed by atoms with E-state index in [2.05, 4.69) is 44.0 Å².